The van der Waals surface area contributed by atoms with Crippen LogP contribution in [-0.4, -0.2) is 32.0 Å². The van der Waals surface area contributed by atoms with E-state index in [2.05, 4.69) is 74.6 Å². The second-order valence-corrected chi connectivity index (χ2v) is 9.97. The fourth-order valence-corrected chi connectivity index (χ4v) is 5.25. The van der Waals surface area contributed by atoms with Gasteiger partial charge in [-0.15, -0.1) is 0 Å². The predicted octanol–water partition coefficient (Wildman–Crippen LogP) is 5.80. The molecule has 2 aromatic carbocycles. The Balaban J connectivity index is 1.44. The van der Waals surface area contributed by atoms with Gasteiger partial charge in [0.15, 0.2) is 5.11 Å². The maximum Gasteiger partial charge on any atom is 0.226 e. The number of hydrogen-bond donors (Lipinski definition) is 2. The summed E-state index contributed by atoms with van der Waals surface area (Å²) in [6.45, 7) is 6.60. The van der Waals surface area contributed by atoms with Crippen LogP contribution >= 0.6 is 12.2 Å². The van der Waals surface area contributed by atoms with Crippen molar-refractivity contribution in [2.24, 2.45) is 0 Å². The van der Waals surface area contributed by atoms with E-state index >= 15 is 0 Å². The maximum atomic E-state index is 13.0. The summed E-state index contributed by atoms with van der Waals surface area (Å²) < 4.78 is 2.20. The van der Waals surface area contributed by atoms with Gasteiger partial charge in [0.2, 0.25) is 5.91 Å². The molecule has 3 heterocycles. The molecule has 1 amide bonds. The van der Waals surface area contributed by atoms with Gasteiger partial charge in [-0.1, -0.05) is 30.3 Å². The Labute approximate surface area is 223 Å². The first-order valence-corrected chi connectivity index (χ1v) is 12.9. The van der Waals surface area contributed by atoms with E-state index in [-0.39, 0.29) is 18.0 Å². The molecule has 7 heteroatoms. The molecule has 1 saturated heterocycles. The Hall–Kier alpha value is -3.97. The summed E-state index contributed by atoms with van der Waals surface area (Å²) in [6, 6.07) is 24.3. The third-order valence-corrected chi connectivity index (χ3v) is 7.16. The summed E-state index contributed by atoms with van der Waals surface area (Å²) in [4.78, 5) is 19.8. The topological polar surface area (TPSA) is 62.2 Å². The van der Waals surface area contributed by atoms with Gasteiger partial charge in [0.25, 0.3) is 0 Å². The zero-order chi connectivity index (χ0) is 25.9. The zero-order valence-electron chi connectivity index (χ0n) is 21.3. The third kappa shape index (κ3) is 5.27. The lowest BCUT2D eigenvalue weighted by Gasteiger charge is -2.29. The van der Waals surface area contributed by atoms with Gasteiger partial charge in [0.05, 0.1) is 17.8 Å². The van der Waals surface area contributed by atoms with Crippen molar-refractivity contribution in [3.63, 3.8) is 0 Å². The molecule has 188 valence electrons. The van der Waals surface area contributed by atoms with Gasteiger partial charge in [0, 0.05) is 42.4 Å². The number of benzene rings is 2. The quantitative estimate of drug-likeness (QED) is 0.309. The molecule has 6 nitrogen and oxygen atoms in total. The number of carbonyl (C=O) groups is 1. The molecule has 0 saturated carbocycles. The normalized spacial score (nSPS) is 17.1. The molecule has 5 rings (SSSR count). The maximum absolute atomic E-state index is 13.0. The number of nitrogens with one attached hydrogen (secondary N) is 2. The summed E-state index contributed by atoms with van der Waals surface area (Å²) in [6.07, 6.45) is 4.19. The standard InChI is InChI=1S/C30H31N5OS/c1-20-8-6-9-23(18-20)34-16-7-11-26(34)29-28(24-10-4-5-15-31-24)33-30(37)35(29)17-14-27(36)32-25-19-21(2)12-13-22(25)3/h4-13,15-16,18-19,28-29H,14,17H2,1-3H3,(H,32,36)(H,33,37)/t28-,29+/m1/s1. The minimum atomic E-state index is -0.144. The van der Waals surface area contributed by atoms with Crippen LogP contribution in [0.2, 0.25) is 0 Å². The Kier molecular flexibility index (Phi) is 7.06. The fourth-order valence-electron chi connectivity index (χ4n) is 4.92. The zero-order valence-corrected chi connectivity index (χ0v) is 22.1. The Morgan fingerprint density at radius 1 is 1.00 bits per heavy atom. The SMILES string of the molecule is Cc1cccc(-n2cccc2[C@H]2[C@@H](c3ccccn3)NC(=S)N2CCC(=O)Nc2cc(C)ccc2C)c1. The second kappa shape index (κ2) is 10.6. The van der Waals surface area contributed by atoms with E-state index in [9.17, 15) is 4.79 Å². The third-order valence-electron chi connectivity index (χ3n) is 6.81. The van der Waals surface area contributed by atoms with Crippen molar-refractivity contribution < 1.29 is 4.79 Å². The number of anilines is 1. The van der Waals surface area contributed by atoms with Crippen molar-refractivity contribution in [3.8, 4) is 5.69 Å². The summed E-state index contributed by atoms with van der Waals surface area (Å²) in [5, 5.41) is 7.19. The number of thiocarbonyl (C=S) groups is 1. The van der Waals surface area contributed by atoms with Crippen LogP contribution in [0.15, 0.2) is 85.2 Å². The average molecular weight is 510 g/mol. The number of carbonyl (C=O) groups excluding carboxylic acids is 1. The van der Waals surface area contributed by atoms with E-state index in [1.807, 2.05) is 50.2 Å². The summed E-state index contributed by atoms with van der Waals surface area (Å²) in [7, 11) is 0. The van der Waals surface area contributed by atoms with Crippen LogP contribution in [0.3, 0.4) is 0 Å². The van der Waals surface area contributed by atoms with Crippen LogP contribution in [0.25, 0.3) is 5.69 Å². The molecule has 0 bridgehead atoms. The van der Waals surface area contributed by atoms with Crippen molar-refractivity contribution in [1.82, 2.24) is 19.8 Å². The van der Waals surface area contributed by atoms with Crippen LogP contribution in [0.4, 0.5) is 5.69 Å². The first kappa shape index (κ1) is 24.7. The van der Waals surface area contributed by atoms with Gasteiger partial charge >= 0.3 is 0 Å². The molecular formula is C30H31N5OS. The van der Waals surface area contributed by atoms with E-state index in [1.165, 1.54) is 5.56 Å². The van der Waals surface area contributed by atoms with Crippen LogP contribution in [0.5, 0.6) is 0 Å². The molecule has 2 N–H and O–H groups in total. The van der Waals surface area contributed by atoms with Gasteiger partial charge in [-0.3, -0.25) is 9.78 Å². The van der Waals surface area contributed by atoms with E-state index in [0.717, 1.165) is 33.9 Å². The highest BCUT2D eigenvalue weighted by molar-refractivity contribution is 7.80. The summed E-state index contributed by atoms with van der Waals surface area (Å²) in [5.41, 5.74) is 7.28. The molecule has 0 spiro atoms. The molecule has 0 unspecified atom stereocenters. The Bertz CT molecular complexity index is 1430. The van der Waals surface area contributed by atoms with Gasteiger partial charge < -0.3 is 20.1 Å². The number of pyridine rings is 1. The number of amides is 1. The predicted molar refractivity (Wildman–Crippen MR) is 152 cm³/mol. The van der Waals surface area contributed by atoms with Crippen LogP contribution in [-0.2, 0) is 4.79 Å². The lowest BCUT2D eigenvalue weighted by Crippen LogP contribution is -2.33. The molecular weight excluding hydrogens is 478 g/mol. The highest BCUT2D eigenvalue weighted by Gasteiger charge is 2.41. The molecule has 0 aliphatic carbocycles. The van der Waals surface area contributed by atoms with Crippen LogP contribution in [0, 0.1) is 20.8 Å². The van der Waals surface area contributed by atoms with Gasteiger partial charge in [0.1, 0.15) is 0 Å². The Morgan fingerprint density at radius 3 is 2.62 bits per heavy atom. The summed E-state index contributed by atoms with van der Waals surface area (Å²) >= 11 is 5.81. The minimum absolute atomic E-state index is 0.0365. The van der Waals surface area contributed by atoms with Crippen molar-refractivity contribution in [1.29, 1.82) is 0 Å². The molecule has 1 fully saturated rings. The molecule has 2 aromatic heterocycles. The number of nitrogens with zero attached hydrogens (tertiary/aromatic N) is 3. The largest absolute Gasteiger partial charge is 0.352 e. The molecule has 37 heavy (non-hydrogen) atoms. The average Bonchev–Trinajstić information content (AvgIpc) is 3.49. The van der Waals surface area contributed by atoms with E-state index in [1.54, 1.807) is 6.20 Å². The first-order chi connectivity index (χ1) is 17.9. The molecule has 2 atom stereocenters. The molecule has 4 aromatic rings. The van der Waals surface area contributed by atoms with Crippen molar-refractivity contribution in [3.05, 3.63) is 113 Å². The van der Waals surface area contributed by atoms with Crippen LogP contribution in [0.1, 0.15) is 46.6 Å². The van der Waals surface area contributed by atoms with Crippen LogP contribution < -0.4 is 10.6 Å². The van der Waals surface area contributed by atoms with Gasteiger partial charge in [-0.05, 0) is 92.1 Å². The molecule has 0 radical (unpaired) electrons. The van der Waals surface area contributed by atoms with Crippen molar-refractivity contribution in [2.45, 2.75) is 39.3 Å². The van der Waals surface area contributed by atoms with E-state index in [4.69, 9.17) is 12.2 Å². The highest BCUT2D eigenvalue weighted by Crippen LogP contribution is 2.39. The minimum Gasteiger partial charge on any atom is -0.352 e. The van der Waals surface area contributed by atoms with Crippen molar-refractivity contribution in [2.75, 3.05) is 11.9 Å². The highest BCUT2D eigenvalue weighted by atomic mass is 32.1. The number of aromatic nitrogens is 2. The smallest absolute Gasteiger partial charge is 0.226 e. The number of rotatable bonds is 7. The van der Waals surface area contributed by atoms with Crippen molar-refractivity contribution >= 4 is 28.9 Å². The number of aryl methyl sites for hydroxylation is 3. The van der Waals surface area contributed by atoms with E-state index in [0.29, 0.717) is 18.1 Å². The lowest BCUT2D eigenvalue weighted by molar-refractivity contribution is -0.116. The van der Waals surface area contributed by atoms with E-state index < -0.39 is 0 Å². The monoisotopic (exact) mass is 509 g/mol. The molecule has 1 aliphatic heterocycles. The summed E-state index contributed by atoms with van der Waals surface area (Å²) in [5.74, 6) is -0.0365. The van der Waals surface area contributed by atoms with Gasteiger partial charge in [-0.25, -0.2) is 0 Å². The second-order valence-electron chi connectivity index (χ2n) is 9.58. The fraction of sp³-hybridized carbons (Fsp3) is 0.233. The number of hydrogen-bond acceptors (Lipinski definition) is 3. The Morgan fingerprint density at radius 2 is 1.84 bits per heavy atom. The molecule has 1 aliphatic rings. The van der Waals surface area contributed by atoms with Gasteiger partial charge in [-0.2, -0.15) is 0 Å². The lowest BCUT2D eigenvalue weighted by atomic mass is 10.0. The first-order valence-electron chi connectivity index (χ1n) is 12.5.